The van der Waals surface area contributed by atoms with Crippen molar-refractivity contribution in [3.8, 4) is 0 Å². The van der Waals surface area contributed by atoms with E-state index in [9.17, 15) is 9.90 Å². The molecule has 2 aliphatic rings. The number of amides is 1. The fourth-order valence-corrected chi connectivity index (χ4v) is 3.60. The summed E-state index contributed by atoms with van der Waals surface area (Å²) in [6, 6.07) is 0. The lowest BCUT2D eigenvalue weighted by Crippen LogP contribution is -2.54. The molecule has 23 heavy (non-hydrogen) atoms. The third kappa shape index (κ3) is 3.55. The van der Waals surface area contributed by atoms with Crippen LogP contribution >= 0.6 is 0 Å². The van der Waals surface area contributed by atoms with Crippen LogP contribution in [0.4, 0.5) is 0 Å². The van der Waals surface area contributed by atoms with Crippen molar-refractivity contribution < 1.29 is 14.6 Å². The molecule has 1 aromatic rings. The quantitative estimate of drug-likeness (QED) is 0.855. The third-order valence-electron chi connectivity index (χ3n) is 5.01. The molecule has 2 fully saturated rings. The molecule has 1 N–H and O–H groups in total. The van der Waals surface area contributed by atoms with Crippen LogP contribution in [0.5, 0.6) is 0 Å². The fourth-order valence-electron chi connectivity index (χ4n) is 3.60. The zero-order chi connectivity index (χ0) is 16.4. The van der Waals surface area contributed by atoms with Crippen LogP contribution in [0.1, 0.15) is 38.4 Å². The molecular formula is C16H26N4O3. The van der Waals surface area contributed by atoms with E-state index in [1.807, 2.05) is 23.4 Å². The van der Waals surface area contributed by atoms with E-state index in [1.165, 1.54) is 0 Å². The summed E-state index contributed by atoms with van der Waals surface area (Å²) in [5.41, 5.74) is -0.905. The Morgan fingerprint density at radius 1 is 1.52 bits per heavy atom. The number of aliphatic hydroxyl groups is 1. The number of rotatable bonds is 5. The van der Waals surface area contributed by atoms with Crippen LogP contribution in [0.3, 0.4) is 0 Å². The van der Waals surface area contributed by atoms with Crippen LogP contribution < -0.4 is 0 Å². The number of aryl methyl sites for hydroxylation is 1. The van der Waals surface area contributed by atoms with Gasteiger partial charge in [-0.05, 0) is 32.6 Å². The number of carbonyl (C=O) groups is 1. The minimum Gasteiger partial charge on any atom is -0.388 e. The predicted molar refractivity (Wildman–Crippen MR) is 83.6 cm³/mol. The first-order valence-corrected chi connectivity index (χ1v) is 8.46. The SMILES string of the molecule is CCOC1CC(C(=O)N2CCCC(O)(Cc3nncn3C)C2)C1. The topological polar surface area (TPSA) is 80.5 Å². The number of carbonyl (C=O) groups excluding carboxylic acids is 1. The Kier molecular flexibility index (Phi) is 4.68. The Bertz CT molecular complexity index is 555. The molecule has 1 aliphatic heterocycles. The summed E-state index contributed by atoms with van der Waals surface area (Å²) in [4.78, 5) is 14.4. The molecule has 1 saturated carbocycles. The van der Waals surface area contributed by atoms with E-state index in [4.69, 9.17) is 4.74 Å². The van der Waals surface area contributed by atoms with Crippen molar-refractivity contribution in [3.05, 3.63) is 12.2 Å². The Labute approximate surface area is 136 Å². The number of hydrogen-bond acceptors (Lipinski definition) is 5. The molecule has 7 nitrogen and oxygen atoms in total. The molecule has 0 spiro atoms. The highest BCUT2D eigenvalue weighted by atomic mass is 16.5. The predicted octanol–water partition coefficient (Wildman–Crippen LogP) is 0.526. The van der Waals surface area contributed by atoms with Gasteiger partial charge in [-0.1, -0.05) is 0 Å². The van der Waals surface area contributed by atoms with Gasteiger partial charge in [-0.15, -0.1) is 10.2 Å². The monoisotopic (exact) mass is 322 g/mol. The molecule has 1 saturated heterocycles. The van der Waals surface area contributed by atoms with Crippen LogP contribution in [0, 0.1) is 5.92 Å². The molecule has 0 radical (unpaired) electrons. The summed E-state index contributed by atoms with van der Waals surface area (Å²) < 4.78 is 7.35. The molecule has 1 aliphatic carbocycles. The molecule has 128 valence electrons. The second-order valence-electron chi connectivity index (χ2n) is 6.87. The number of β-amino-alcohol motifs (C(OH)–C–C–N with tert-alkyl or cyclic N) is 1. The van der Waals surface area contributed by atoms with Gasteiger partial charge in [-0.2, -0.15) is 0 Å². The zero-order valence-electron chi connectivity index (χ0n) is 13.9. The van der Waals surface area contributed by atoms with Crippen LogP contribution in [0.2, 0.25) is 0 Å². The van der Waals surface area contributed by atoms with Crippen molar-refractivity contribution in [2.75, 3.05) is 19.7 Å². The first-order chi connectivity index (χ1) is 11.0. The smallest absolute Gasteiger partial charge is 0.225 e. The van der Waals surface area contributed by atoms with E-state index in [0.717, 1.165) is 31.6 Å². The van der Waals surface area contributed by atoms with Gasteiger partial charge in [-0.25, -0.2) is 0 Å². The van der Waals surface area contributed by atoms with Gasteiger partial charge in [-0.3, -0.25) is 4.79 Å². The lowest BCUT2D eigenvalue weighted by Gasteiger charge is -2.43. The lowest BCUT2D eigenvalue weighted by molar-refractivity contribution is -0.151. The van der Waals surface area contributed by atoms with E-state index in [-0.39, 0.29) is 17.9 Å². The number of nitrogens with zero attached hydrogens (tertiary/aromatic N) is 4. The largest absolute Gasteiger partial charge is 0.388 e. The highest BCUT2D eigenvalue weighted by Crippen LogP contribution is 2.34. The summed E-state index contributed by atoms with van der Waals surface area (Å²) >= 11 is 0. The Morgan fingerprint density at radius 3 is 2.96 bits per heavy atom. The minimum atomic E-state index is -0.905. The standard InChI is InChI=1S/C16H26N4O3/c1-3-23-13-7-12(8-13)15(21)20-6-4-5-16(22,10-20)9-14-18-17-11-19(14)2/h11-13,22H,3-10H2,1-2H3. The van der Waals surface area contributed by atoms with Crippen LogP contribution in [0.15, 0.2) is 6.33 Å². The number of piperidine rings is 1. The van der Waals surface area contributed by atoms with Crippen LogP contribution in [-0.2, 0) is 23.0 Å². The van der Waals surface area contributed by atoms with E-state index in [2.05, 4.69) is 10.2 Å². The summed E-state index contributed by atoms with van der Waals surface area (Å²) in [6.07, 6.45) is 5.43. The highest BCUT2D eigenvalue weighted by molar-refractivity contribution is 5.80. The van der Waals surface area contributed by atoms with Crippen molar-refractivity contribution in [1.29, 1.82) is 0 Å². The van der Waals surface area contributed by atoms with Gasteiger partial charge in [0.25, 0.3) is 0 Å². The maximum absolute atomic E-state index is 12.6. The number of likely N-dealkylation sites (tertiary alicyclic amines) is 1. The molecule has 1 aromatic heterocycles. The van der Waals surface area contributed by atoms with E-state index in [0.29, 0.717) is 26.0 Å². The Morgan fingerprint density at radius 2 is 2.30 bits per heavy atom. The minimum absolute atomic E-state index is 0.0590. The fraction of sp³-hybridized carbons (Fsp3) is 0.812. The lowest BCUT2D eigenvalue weighted by atomic mass is 9.80. The Hall–Kier alpha value is -1.47. The number of ether oxygens (including phenoxy) is 1. The molecule has 1 unspecified atom stereocenters. The van der Waals surface area contributed by atoms with Crippen molar-refractivity contribution in [1.82, 2.24) is 19.7 Å². The third-order valence-corrected chi connectivity index (χ3v) is 5.01. The van der Waals surface area contributed by atoms with Gasteiger partial charge in [0.2, 0.25) is 5.91 Å². The molecule has 1 atom stereocenters. The zero-order valence-corrected chi connectivity index (χ0v) is 13.9. The summed E-state index contributed by atoms with van der Waals surface area (Å²) in [6.45, 7) is 3.80. The summed E-state index contributed by atoms with van der Waals surface area (Å²) in [5, 5.41) is 18.8. The molecular weight excluding hydrogens is 296 g/mol. The number of aromatic nitrogens is 3. The second kappa shape index (κ2) is 6.57. The van der Waals surface area contributed by atoms with Gasteiger partial charge in [0.1, 0.15) is 12.2 Å². The van der Waals surface area contributed by atoms with Gasteiger partial charge in [0.05, 0.1) is 11.7 Å². The van der Waals surface area contributed by atoms with Gasteiger partial charge < -0.3 is 19.3 Å². The summed E-state index contributed by atoms with van der Waals surface area (Å²) in [7, 11) is 1.87. The van der Waals surface area contributed by atoms with E-state index < -0.39 is 5.60 Å². The van der Waals surface area contributed by atoms with Gasteiger partial charge >= 0.3 is 0 Å². The van der Waals surface area contributed by atoms with E-state index in [1.54, 1.807) is 6.33 Å². The molecule has 2 heterocycles. The van der Waals surface area contributed by atoms with Crippen molar-refractivity contribution in [2.45, 2.75) is 50.7 Å². The Balaban J connectivity index is 1.57. The first kappa shape index (κ1) is 16.4. The highest BCUT2D eigenvalue weighted by Gasteiger charge is 2.42. The first-order valence-electron chi connectivity index (χ1n) is 8.46. The normalized spacial score (nSPS) is 31.0. The second-order valence-corrected chi connectivity index (χ2v) is 6.87. The van der Waals surface area contributed by atoms with Crippen molar-refractivity contribution in [2.24, 2.45) is 13.0 Å². The maximum atomic E-state index is 12.6. The average Bonchev–Trinajstić information content (AvgIpc) is 2.86. The molecule has 7 heteroatoms. The molecule has 0 aromatic carbocycles. The van der Waals surface area contributed by atoms with Gasteiger partial charge in [0, 0.05) is 39.1 Å². The van der Waals surface area contributed by atoms with E-state index >= 15 is 0 Å². The molecule has 1 amide bonds. The van der Waals surface area contributed by atoms with Gasteiger partial charge in [0.15, 0.2) is 0 Å². The van der Waals surface area contributed by atoms with Crippen molar-refractivity contribution >= 4 is 5.91 Å². The molecule has 0 bridgehead atoms. The average molecular weight is 322 g/mol. The van der Waals surface area contributed by atoms with Crippen LogP contribution in [0.25, 0.3) is 0 Å². The maximum Gasteiger partial charge on any atom is 0.225 e. The summed E-state index contributed by atoms with van der Waals surface area (Å²) in [5.74, 6) is 0.975. The van der Waals surface area contributed by atoms with Crippen molar-refractivity contribution in [3.63, 3.8) is 0 Å². The molecule has 3 rings (SSSR count). The van der Waals surface area contributed by atoms with Crippen LogP contribution in [-0.4, -0.2) is 62.1 Å². The number of hydrogen-bond donors (Lipinski definition) is 1.